The number of rotatable bonds is 3. The van der Waals surface area contributed by atoms with E-state index >= 15 is 0 Å². The van der Waals surface area contributed by atoms with Crippen molar-refractivity contribution in [3.05, 3.63) is 29.8 Å². The average molecular weight is 352 g/mol. The highest BCUT2D eigenvalue weighted by molar-refractivity contribution is 7.94. The van der Waals surface area contributed by atoms with Crippen LogP contribution in [0.2, 0.25) is 0 Å². The second-order valence-corrected chi connectivity index (χ2v) is 7.84. The van der Waals surface area contributed by atoms with Crippen LogP contribution in [0, 0.1) is 0 Å². The van der Waals surface area contributed by atoms with E-state index in [4.69, 9.17) is 0 Å². The van der Waals surface area contributed by atoms with Crippen LogP contribution in [-0.2, 0) is 14.8 Å². The van der Waals surface area contributed by atoms with Gasteiger partial charge < -0.3 is 5.32 Å². The van der Waals surface area contributed by atoms with Crippen LogP contribution in [0.15, 0.2) is 28.6 Å². The molecule has 120 valence electrons. The molecule has 0 saturated carbocycles. The van der Waals surface area contributed by atoms with E-state index in [0.717, 1.165) is 15.6 Å². The first kappa shape index (κ1) is 15.6. The lowest BCUT2D eigenvalue weighted by Gasteiger charge is -2.28. The Hall–Kier alpha value is -2.33. The number of sulfonamides is 1. The Kier molecular flexibility index (Phi) is 3.86. The highest BCUT2D eigenvalue weighted by atomic mass is 32.2. The lowest BCUT2D eigenvalue weighted by Crippen LogP contribution is -2.37. The number of hydrogen-bond acceptors (Lipinski definition) is 7. The van der Waals surface area contributed by atoms with Gasteiger partial charge in [0, 0.05) is 25.5 Å². The first-order valence-corrected chi connectivity index (χ1v) is 8.91. The summed E-state index contributed by atoms with van der Waals surface area (Å²) in [5.41, 5.74) is 0.703. The minimum Gasteiger partial charge on any atom is -0.301 e. The lowest BCUT2D eigenvalue weighted by atomic mass is 10.0. The minimum absolute atomic E-state index is 0.0488. The molecule has 23 heavy (non-hydrogen) atoms. The smallest absolute Gasteiger partial charge is 0.293 e. The second kappa shape index (κ2) is 5.70. The van der Waals surface area contributed by atoms with Gasteiger partial charge in [0.1, 0.15) is 0 Å². The van der Waals surface area contributed by atoms with Crippen LogP contribution in [0.25, 0.3) is 0 Å². The molecule has 1 aliphatic heterocycles. The quantitative estimate of drug-likeness (QED) is 0.833. The van der Waals surface area contributed by atoms with Gasteiger partial charge in [-0.05, 0) is 12.1 Å². The predicted molar refractivity (Wildman–Crippen MR) is 84.1 cm³/mol. The molecule has 2 aromatic rings. The number of Topliss-reactive ketones (excluding diaryl/α,β-unsaturated/α-hetero) is 1. The van der Waals surface area contributed by atoms with Gasteiger partial charge in [-0.1, -0.05) is 23.5 Å². The van der Waals surface area contributed by atoms with Crippen molar-refractivity contribution >= 4 is 43.9 Å². The lowest BCUT2D eigenvalue weighted by molar-refractivity contribution is -0.114. The summed E-state index contributed by atoms with van der Waals surface area (Å²) in [5.74, 6) is -0.456. The van der Waals surface area contributed by atoms with E-state index in [9.17, 15) is 18.0 Å². The molecule has 1 amide bonds. The normalized spacial score (nSPS) is 14.5. The zero-order valence-corrected chi connectivity index (χ0v) is 13.6. The summed E-state index contributed by atoms with van der Waals surface area (Å²) < 4.78 is 26.5. The van der Waals surface area contributed by atoms with Crippen molar-refractivity contribution in [3.8, 4) is 0 Å². The molecule has 0 atom stereocenters. The summed E-state index contributed by atoms with van der Waals surface area (Å²) in [4.78, 5) is 22.9. The zero-order chi connectivity index (χ0) is 16.6. The number of hydrogen-bond donors (Lipinski definition) is 1. The van der Waals surface area contributed by atoms with Crippen LogP contribution in [0.4, 0.5) is 10.8 Å². The number of carbonyl (C=O) groups excluding carboxylic acids is 2. The molecule has 10 heteroatoms. The highest BCUT2D eigenvalue weighted by Crippen LogP contribution is 2.33. The molecule has 0 fully saturated rings. The van der Waals surface area contributed by atoms with Crippen LogP contribution in [0.5, 0.6) is 0 Å². The monoisotopic (exact) mass is 352 g/mol. The molecule has 2 heterocycles. The van der Waals surface area contributed by atoms with Gasteiger partial charge in [-0.3, -0.25) is 13.9 Å². The van der Waals surface area contributed by atoms with Crippen molar-refractivity contribution in [1.82, 2.24) is 10.2 Å². The Bertz CT molecular complexity index is 891. The Morgan fingerprint density at radius 1 is 1.30 bits per heavy atom. The molecule has 0 unspecified atom stereocenters. The third kappa shape index (κ3) is 2.82. The molecule has 0 saturated heterocycles. The van der Waals surface area contributed by atoms with Crippen molar-refractivity contribution in [2.45, 2.75) is 17.7 Å². The molecule has 8 nitrogen and oxygen atoms in total. The Balaban J connectivity index is 2.01. The summed E-state index contributed by atoms with van der Waals surface area (Å²) in [6, 6.07) is 6.54. The van der Waals surface area contributed by atoms with E-state index in [2.05, 4.69) is 15.5 Å². The van der Waals surface area contributed by atoms with Crippen LogP contribution < -0.4 is 9.62 Å². The average Bonchev–Trinajstić information content (AvgIpc) is 2.96. The molecule has 1 N–H and O–H groups in total. The van der Waals surface area contributed by atoms with E-state index in [1.54, 1.807) is 24.3 Å². The first-order chi connectivity index (χ1) is 10.9. The van der Waals surface area contributed by atoms with Gasteiger partial charge in [-0.25, -0.2) is 0 Å². The van der Waals surface area contributed by atoms with Crippen LogP contribution in [-0.4, -0.2) is 36.9 Å². The summed E-state index contributed by atoms with van der Waals surface area (Å²) >= 11 is 0.769. The number of anilines is 2. The third-order valence-electron chi connectivity index (χ3n) is 3.22. The van der Waals surface area contributed by atoms with Crippen molar-refractivity contribution in [2.24, 2.45) is 0 Å². The molecule has 0 radical (unpaired) electrons. The van der Waals surface area contributed by atoms with E-state index in [-0.39, 0.29) is 34.1 Å². The number of fused-ring (bicyclic) bond motifs is 1. The SMILES string of the molecule is CC(=O)Nc1nnc(S(=O)(=O)N2CCC(=O)c3ccccc32)s1. The van der Waals surface area contributed by atoms with Crippen LogP contribution in [0.1, 0.15) is 23.7 Å². The Morgan fingerprint density at radius 2 is 2.04 bits per heavy atom. The van der Waals surface area contributed by atoms with Crippen molar-refractivity contribution in [2.75, 3.05) is 16.2 Å². The Labute approximate surface area is 136 Å². The number of aromatic nitrogens is 2. The molecule has 1 aromatic heterocycles. The largest absolute Gasteiger partial charge is 0.301 e. The molecule has 1 aliphatic rings. The van der Waals surface area contributed by atoms with E-state index < -0.39 is 10.0 Å². The summed E-state index contributed by atoms with van der Waals surface area (Å²) in [6.45, 7) is 1.34. The fraction of sp³-hybridized carbons (Fsp3) is 0.231. The molecule has 0 spiro atoms. The predicted octanol–water partition coefficient (Wildman–Crippen LogP) is 1.28. The second-order valence-electron chi connectivity index (χ2n) is 4.82. The number of carbonyl (C=O) groups is 2. The molecular formula is C13H12N4O4S2. The van der Waals surface area contributed by atoms with Crippen molar-refractivity contribution in [3.63, 3.8) is 0 Å². The Morgan fingerprint density at radius 3 is 2.78 bits per heavy atom. The van der Waals surface area contributed by atoms with E-state index in [0.29, 0.717) is 11.3 Å². The molecule has 3 rings (SSSR count). The summed E-state index contributed by atoms with van der Waals surface area (Å²) in [6.07, 6.45) is 0.105. The molecule has 1 aromatic carbocycles. The fourth-order valence-corrected chi connectivity index (χ4v) is 4.78. The van der Waals surface area contributed by atoms with Gasteiger partial charge in [0.25, 0.3) is 14.4 Å². The maximum absolute atomic E-state index is 12.8. The number of nitrogens with zero attached hydrogens (tertiary/aromatic N) is 3. The standard InChI is InChI=1S/C13H12N4O4S2/c1-8(18)14-12-15-16-13(22-12)23(20,21)17-7-6-11(19)9-4-2-3-5-10(9)17/h2-5H,6-7H2,1H3,(H,14,15,18). The summed E-state index contributed by atoms with van der Waals surface area (Å²) in [7, 11) is -3.94. The van der Waals surface area contributed by atoms with Crippen LogP contribution >= 0.6 is 11.3 Å². The molecule has 0 bridgehead atoms. The number of benzene rings is 1. The first-order valence-electron chi connectivity index (χ1n) is 6.65. The van der Waals surface area contributed by atoms with Crippen LogP contribution in [0.3, 0.4) is 0 Å². The molecule has 0 aliphatic carbocycles. The number of amides is 1. The van der Waals surface area contributed by atoms with Gasteiger partial charge >= 0.3 is 0 Å². The third-order valence-corrected chi connectivity index (χ3v) is 6.21. The minimum atomic E-state index is -3.94. The number of ketones is 1. The maximum Gasteiger partial charge on any atom is 0.293 e. The van der Waals surface area contributed by atoms with Crippen molar-refractivity contribution < 1.29 is 18.0 Å². The fourth-order valence-electron chi connectivity index (χ4n) is 2.24. The highest BCUT2D eigenvalue weighted by Gasteiger charge is 2.34. The van der Waals surface area contributed by atoms with E-state index in [1.807, 2.05) is 0 Å². The van der Waals surface area contributed by atoms with Gasteiger partial charge in [0.15, 0.2) is 5.78 Å². The maximum atomic E-state index is 12.8. The van der Waals surface area contributed by atoms with Gasteiger partial charge in [-0.2, -0.15) is 8.42 Å². The van der Waals surface area contributed by atoms with E-state index in [1.165, 1.54) is 6.92 Å². The van der Waals surface area contributed by atoms with Gasteiger partial charge in [0.2, 0.25) is 11.0 Å². The number of para-hydroxylation sites is 1. The van der Waals surface area contributed by atoms with Gasteiger partial charge in [-0.15, -0.1) is 10.2 Å². The summed E-state index contributed by atoms with van der Waals surface area (Å²) in [5, 5.41) is 9.80. The number of nitrogens with one attached hydrogen (secondary N) is 1. The zero-order valence-electron chi connectivity index (χ0n) is 12.0. The van der Waals surface area contributed by atoms with Crippen molar-refractivity contribution in [1.29, 1.82) is 0 Å². The topological polar surface area (TPSA) is 109 Å². The molecular weight excluding hydrogens is 340 g/mol. The van der Waals surface area contributed by atoms with Gasteiger partial charge in [0.05, 0.1) is 5.69 Å².